The molecule has 0 saturated carbocycles. The van der Waals surface area contributed by atoms with Crippen molar-refractivity contribution in [2.24, 2.45) is 5.73 Å². The molecular weight excluding hydrogens is 202 g/mol. The van der Waals surface area contributed by atoms with Crippen LogP contribution < -0.4 is 5.73 Å². The average molecular weight is 227 g/mol. The molecule has 2 N–H and O–H groups in total. The molecular formula is C12H25N3O. The molecule has 0 aliphatic carbocycles. The van der Waals surface area contributed by atoms with Gasteiger partial charge in [0.1, 0.15) is 0 Å². The van der Waals surface area contributed by atoms with Gasteiger partial charge in [-0.05, 0) is 27.3 Å². The molecule has 2 atom stereocenters. The molecule has 1 aliphatic heterocycles. The fraction of sp³-hybridized carbons (Fsp3) is 0.917. The van der Waals surface area contributed by atoms with Crippen molar-refractivity contribution in [3.8, 4) is 0 Å². The standard InChI is InChI=1S/C12H25N3O/c1-5-6-12(3,13)11(16)15-8-7-14(4)9-10(15)2/h10H,5-9,13H2,1-4H3. The largest absolute Gasteiger partial charge is 0.336 e. The molecule has 0 aromatic rings. The Morgan fingerprint density at radius 2 is 2.12 bits per heavy atom. The molecule has 16 heavy (non-hydrogen) atoms. The first kappa shape index (κ1) is 13.5. The summed E-state index contributed by atoms with van der Waals surface area (Å²) in [6.07, 6.45) is 1.70. The molecule has 0 aromatic heterocycles. The summed E-state index contributed by atoms with van der Waals surface area (Å²) < 4.78 is 0. The van der Waals surface area contributed by atoms with Gasteiger partial charge in [0, 0.05) is 25.7 Å². The molecule has 1 heterocycles. The summed E-state index contributed by atoms with van der Waals surface area (Å²) in [5, 5.41) is 0. The van der Waals surface area contributed by atoms with E-state index in [1.54, 1.807) is 0 Å². The Hall–Kier alpha value is -0.610. The zero-order valence-corrected chi connectivity index (χ0v) is 11.0. The number of nitrogens with two attached hydrogens (primary N) is 1. The van der Waals surface area contributed by atoms with Gasteiger partial charge in [-0.1, -0.05) is 13.3 Å². The first-order chi connectivity index (χ1) is 7.38. The van der Waals surface area contributed by atoms with Gasteiger partial charge in [-0.15, -0.1) is 0 Å². The Kier molecular flexibility index (Phi) is 4.33. The fourth-order valence-electron chi connectivity index (χ4n) is 2.40. The van der Waals surface area contributed by atoms with Crippen molar-refractivity contribution in [2.45, 2.75) is 45.2 Å². The number of amides is 1. The molecule has 0 spiro atoms. The lowest BCUT2D eigenvalue weighted by atomic mass is 9.94. The second-order valence-electron chi connectivity index (χ2n) is 5.28. The van der Waals surface area contributed by atoms with Gasteiger partial charge in [0.15, 0.2) is 0 Å². The van der Waals surface area contributed by atoms with E-state index in [0.29, 0.717) is 0 Å². The van der Waals surface area contributed by atoms with Crippen LogP contribution in [0.2, 0.25) is 0 Å². The lowest BCUT2D eigenvalue weighted by Crippen LogP contribution is -2.60. The zero-order chi connectivity index (χ0) is 12.3. The normalized spacial score (nSPS) is 26.6. The van der Waals surface area contributed by atoms with E-state index in [9.17, 15) is 4.79 Å². The van der Waals surface area contributed by atoms with Crippen molar-refractivity contribution in [3.05, 3.63) is 0 Å². The maximum absolute atomic E-state index is 12.3. The third-order valence-corrected chi connectivity index (χ3v) is 3.35. The van der Waals surface area contributed by atoms with Crippen LogP contribution in [0.15, 0.2) is 0 Å². The van der Waals surface area contributed by atoms with Gasteiger partial charge in [0.05, 0.1) is 5.54 Å². The molecule has 1 fully saturated rings. The molecule has 0 radical (unpaired) electrons. The number of hydrogen-bond donors (Lipinski definition) is 1. The van der Waals surface area contributed by atoms with Crippen LogP contribution in [0.4, 0.5) is 0 Å². The summed E-state index contributed by atoms with van der Waals surface area (Å²) in [7, 11) is 2.09. The van der Waals surface area contributed by atoms with E-state index in [0.717, 1.165) is 32.5 Å². The van der Waals surface area contributed by atoms with Crippen LogP contribution in [0.3, 0.4) is 0 Å². The first-order valence-corrected chi connectivity index (χ1v) is 6.17. The van der Waals surface area contributed by atoms with Gasteiger partial charge in [0.2, 0.25) is 5.91 Å². The molecule has 1 rings (SSSR count). The second-order valence-corrected chi connectivity index (χ2v) is 5.28. The van der Waals surface area contributed by atoms with Gasteiger partial charge < -0.3 is 15.5 Å². The summed E-state index contributed by atoms with van der Waals surface area (Å²) >= 11 is 0. The highest BCUT2D eigenvalue weighted by atomic mass is 16.2. The molecule has 0 aromatic carbocycles. The monoisotopic (exact) mass is 227 g/mol. The van der Waals surface area contributed by atoms with E-state index in [-0.39, 0.29) is 11.9 Å². The topological polar surface area (TPSA) is 49.6 Å². The van der Waals surface area contributed by atoms with E-state index < -0.39 is 5.54 Å². The Bertz CT molecular complexity index is 253. The van der Waals surface area contributed by atoms with Crippen molar-refractivity contribution in [3.63, 3.8) is 0 Å². The van der Waals surface area contributed by atoms with Gasteiger partial charge in [-0.2, -0.15) is 0 Å². The van der Waals surface area contributed by atoms with Gasteiger partial charge in [0.25, 0.3) is 0 Å². The Balaban J connectivity index is 2.66. The van der Waals surface area contributed by atoms with E-state index >= 15 is 0 Å². The van der Waals surface area contributed by atoms with Crippen LogP contribution in [0, 0.1) is 0 Å². The van der Waals surface area contributed by atoms with E-state index in [4.69, 9.17) is 5.73 Å². The third kappa shape index (κ3) is 2.95. The van der Waals surface area contributed by atoms with Gasteiger partial charge in [-0.25, -0.2) is 0 Å². The van der Waals surface area contributed by atoms with Crippen LogP contribution in [0.25, 0.3) is 0 Å². The molecule has 1 amide bonds. The lowest BCUT2D eigenvalue weighted by Gasteiger charge is -2.41. The second kappa shape index (κ2) is 5.15. The molecule has 94 valence electrons. The third-order valence-electron chi connectivity index (χ3n) is 3.35. The van der Waals surface area contributed by atoms with Gasteiger partial charge in [-0.3, -0.25) is 4.79 Å². The Morgan fingerprint density at radius 1 is 1.50 bits per heavy atom. The maximum Gasteiger partial charge on any atom is 0.242 e. The number of carbonyl (C=O) groups excluding carboxylic acids is 1. The number of carbonyl (C=O) groups is 1. The number of piperazine rings is 1. The maximum atomic E-state index is 12.3. The minimum absolute atomic E-state index is 0.106. The minimum atomic E-state index is -0.696. The molecule has 1 saturated heterocycles. The van der Waals surface area contributed by atoms with Crippen molar-refractivity contribution >= 4 is 5.91 Å². The number of nitrogens with zero attached hydrogens (tertiary/aromatic N) is 2. The van der Waals surface area contributed by atoms with Crippen molar-refractivity contribution in [1.82, 2.24) is 9.80 Å². The summed E-state index contributed by atoms with van der Waals surface area (Å²) in [5.41, 5.74) is 5.40. The van der Waals surface area contributed by atoms with Crippen molar-refractivity contribution in [1.29, 1.82) is 0 Å². The predicted octanol–water partition coefficient (Wildman–Crippen LogP) is 0.666. The molecule has 1 aliphatic rings. The summed E-state index contributed by atoms with van der Waals surface area (Å²) in [4.78, 5) is 16.5. The summed E-state index contributed by atoms with van der Waals surface area (Å²) in [5.74, 6) is 0.106. The van der Waals surface area contributed by atoms with Crippen LogP contribution in [0.5, 0.6) is 0 Å². The highest BCUT2D eigenvalue weighted by molar-refractivity contribution is 5.86. The smallest absolute Gasteiger partial charge is 0.242 e. The van der Waals surface area contributed by atoms with E-state index in [2.05, 4.69) is 25.8 Å². The summed E-state index contributed by atoms with van der Waals surface area (Å²) in [6, 6.07) is 0.269. The molecule has 4 nitrogen and oxygen atoms in total. The quantitative estimate of drug-likeness (QED) is 0.771. The minimum Gasteiger partial charge on any atom is -0.336 e. The van der Waals surface area contributed by atoms with E-state index in [1.807, 2.05) is 11.8 Å². The molecule has 0 bridgehead atoms. The Labute approximate surface area is 98.8 Å². The predicted molar refractivity (Wildman–Crippen MR) is 66.2 cm³/mol. The number of hydrogen-bond acceptors (Lipinski definition) is 3. The van der Waals surface area contributed by atoms with Crippen LogP contribution in [0.1, 0.15) is 33.6 Å². The fourth-order valence-corrected chi connectivity index (χ4v) is 2.40. The lowest BCUT2D eigenvalue weighted by molar-refractivity contribution is -0.141. The van der Waals surface area contributed by atoms with Crippen molar-refractivity contribution < 1.29 is 4.79 Å². The highest BCUT2D eigenvalue weighted by Crippen LogP contribution is 2.17. The number of rotatable bonds is 3. The zero-order valence-electron chi connectivity index (χ0n) is 11.0. The Morgan fingerprint density at radius 3 is 2.62 bits per heavy atom. The number of likely N-dealkylation sites (N-methyl/N-ethyl adjacent to an activating group) is 1. The van der Waals surface area contributed by atoms with Crippen molar-refractivity contribution in [2.75, 3.05) is 26.7 Å². The summed E-state index contributed by atoms with van der Waals surface area (Å²) in [6.45, 7) is 8.69. The first-order valence-electron chi connectivity index (χ1n) is 6.17. The molecule has 2 unspecified atom stereocenters. The molecule has 4 heteroatoms. The SMILES string of the molecule is CCCC(C)(N)C(=O)N1CCN(C)CC1C. The van der Waals surface area contributed by atoms with Crippen LogP contribution >= 0.6 is 0 Å². The van der Waals surface area contributed by atoms with Gasteiger partial charge >= 0.3 is 0 Å². The van der Waals surface area contributed by atoms with Crippen LogP contribution in [-0.2, 0) is 4.79 Å². The van der Waals surface area contributed by atoms with E-state index in [1.165, 1.54) is 0 Å². The van der Waals surface area contributed by atoms with Crippen LogP contribution in [-0.4, -0.2) is 54.0 Å². The highest BCUT2D eigenvalue weighted by Gasteiger charge is 2.35. The average Bonchev–Trinajstić information content (AvgIpc) is 2.16.